The van der Waals surface area contributed by atoms with Gasteiger partial charge in [-0.05, 0) is 41.8 Å². The highest BCUT2D eigenvalue weighted by molar-refractivity contribution is 8.14. The van der Waals surface area contributed by atoms with E-state index in [0.717, 1.165) is 16.7 Å². The van der Waals surface area contributed by atoms with E-state index in [1.807, 2.05) is 0 Å². The van der Waals surface area contributed by atoms with Gasteiger partial charge in [-0.3, -0.25) is 34.7 Å². The Bertz CT molecular complexity index is 1330. The van der Waals surface area contributed by atoms with Crippen LogP contribution in [0, 0.1) is 20.2 Å². The van der Waals surface area contributed by atoms with Gasteiger partial charge in [-0.1, -0.05) is 23.4 Å². The minimum absolute atomic E-state index is 0.0137. The fourth-order valence-corrected chi connectivity index (χ4v) is 5.19. The molecule has 1 aliphatic heterocycles. The molecule has 0 aliphatic carbocycles. The van der Waals surface area contributed by atoms with Crippen LogP contribution >= 0.6 is 23.4 Å². The molecule has 0 spiro atoms. The lowest BCUT2D eigenvalue weighted by molar-refractivity contribution is -0.385. The molecule has 1 N–H and O–H groups in total. The average molecular weight is 625 g/mol. The highest BCUT2D eigenvalue weighted by Crippen LogP contribution is 2.36. The summed E-state index contributed by atoms with van der Waals surface area (Å²) in [6.45, 7) is -0.228. The van der Waals surface area contributed by atoms with Gasteiger partial charge in [0.2, 0.25) is 5.50 Å². The van der Waals surface area contributed by atoms with Crippen LogP contribution in [0.15, 0.2) is 48.5 Å². The molecule has 17 heteroatoms. The van der Waals surface area contributed by atoms with Crippen LogP contribution in [0.2, 0.25) is 0 Å². The molecule has 1 unspecified atom stereocenters. The SMILES string of the molecule is CO[C@H]1C(=O)N(C(Cl)C(=O)OCc2ccc([N+](=O)[O-])cc2)[C@@H]1SC(=O)CCCNC(=O)OCc1ccc([N+](=O)[O-])cc1. The van der Waals surface area contributed by atoms with E-state index in [9.17, 15) is 39.4 Å². The number of nitro groups is 2. The van der Waals surface area contributed by atoms with Crippen LogP contribution in [-0.2, 0) is 41.8 Å². The fourth-order valence-electron chi connectivity index (χ4n) is 3.62. The number of nitro benzene ring substituents is 2. The maximum atomic E-state index is 12.5. The Morgan fingerprint density at radius 3 is 2.00 bits per heavy atom. The average Bonchev–Trinajstić information content (AvgIpc) is 2.97. The number of thioether (sulfide) groups is 1. The summed E-state index contributed by atoms with van der Waals surface area (Å²) in [5, 5.41) is 22.7. The first-order valence-electron chi connectivity index (χ1n) is 12.2. The molecular formula is C25H25ClN4O11S. The number of hydrogen-bond donors (Lipinski definition) is 1. The monoisotopic (exact) mass is 624 g/mol. The van der Waals surface area contributed by atoms with E-state index >= 15 is 0 Å². The van der Waals surface area contributed by atoms with Gasteiger partial charge in [0.15, 0.2) is 11.2 Å². The summed E-state index contributed by atoms with van der Waals surface area (Å²) in [6, 6.07) is 10.8. The summed E-state index contributed by atoms with van der Waals surface area (Å²) in [5.41, 5.74) is -0.732. The van der Waals surface area contributed by atoms with Crippen LogP contribution in [0.3, 0.4) is 0 Å². The number of carbonyl (C=O) groups excluding carboxylic acids is 4. The summed E-state index contributed by atoms with van der Waals surface area (Å²) in [6.07, 6.45) is -1.48. The first kappa shape index (κ1) is 32.2. The zero-order valence-electron chi connectivity index (χ0n) is 22.0. The Morgan fingerprint density at radius 1 is 0.976 bits per heavy atom. The Balaban J connectivity index is 1.40. The molecule has 15 nitrogen and oxygen atoms in total. The molecule has 1 heterocycles. The van der Waals surface area contributed by atoms with E-state index in [1.165, 1.54) is 55.6 Å². The molecule has 42 heavy (non-hydrogen) atoms. The van der Waals surface area contributed by atoms with Crippen LogP contribution in [0.4, 0.5) is 16.2 Å². The molecule has 3 atom stereocenters. The van der Waals surface area contributed by atoms with Gasteiger partial charge in [0.05, 0.1) is 9.85 Å². The van der Waals surface area contributed by atoms with Gasteiger partial charge in [0, 0.05) is 44.3 Å². The molecule has 0 bridgehead atoms. The number of non-ortho nitro benzene ring substituents is 2. The number of methoxy groups -OCH3 is 1. The number of β-lactam (4-membered cyclic amide) rings is 1. The van der Waals surface area contributed by atoms with Crippen LogP contribution < -0.4 is 5.32 Å². The summed E-state index contributed by atoms with van der Waals surface area (Å²) in [4.78, 5) is 70.7. The van der Waals surface area contributed by atoms with Gasteiger partial charge >= 0.3 is 12.1 Å². The van der Waals surface area contributed by atoms with Gasteiger partial charge in [-0.2, -0.15) is 0 Å². The molecule has 2 aromatic carbocycles. The number of esters is 1. The highest BCUT2D eigenvalue weighted by atomic mass is 35.5. The summed E-state index contributed by atoms with van der Waals surface area (Å²) >= 11 is 6.95. The number of benzene rings is 2. The summed E-state index contributed by atoms with van der Waals surface area (Å²) in [5.74, 6) is -1.56. The van der Waals surface area contributed by atoms with Gasteiger partial charge in [0.25, 0.3) is 17.3 Å². The molecule has 2 amide bonds. The predicted octanol–water partition coefficient (Wildman–Crippen LogP) is 3.26. The van der Waals surface area contributed by atoms with Crippen molar-refractivity contribution in [3.05, 3.63) is 79.9 Å². The second-order valence-corrected chi connectivity index (χ2v) is 10.3. The van der Waals surface area contributed by atoms with Gasteiger partial charge in [-0.15, -0.1) is 0 Å². The normalized spacial score (nSPS) is 16.6. The number of nitrogens with one attached hydrogen (secondary N) is 1. The van der Waals surface area contributed by atoms with Crippen molar-refractivity contribution in [3.63, 3.8) is 0 Å². The molecular weight excluding hydrogens is 600 g/mol. The molecule has 2 aromatic rings. The van der Waals surface area contributed by atoms with Crippen LogP contribution in [0.25, 0.3) is 0 Å². The number of alkyl halides is 1. The lowest BCUT2D eigenvalue weighted by Crippen LogP contribution is -2.67. The van der Waals surface area contributed by atoms with E-state index in [2.05, 4.69) is 5.32 Å². The van der Waals surface area contributed by atoms with E-state index < -0.39 is 44.8 Å². The molecule has 1 saturated heterocycles. The fraction of sp³-hybridized carbons (Fsp3) is 0.360. The third kappa shape index (κ3) is 8.61. The van der Waals surface area contributed by atoms with Crippen molar-refractivity contribution in [2.45, 2.75) is 43.0 Å². The van der Waals surface area contributed by atoms with Gasteiger partial charge < -0.3 is 19.5 Å². The molecule has 3 rings (SSSR count). The van der Waals surface area contributed by atoms with Crippen LogP contribution in [0.5, 0.6) is 0 Å². The Kier molecular flexibility index (Phi) is 11.6. The van der Waals surface area contributed by atoms with Crippen molar-refractivity contribution in [2.24, 2.45) is 0 Å². The first-order valence-corrected chi connectivity index (χ1v) is 13.6. The van der Waals surface area contributed by atoms with Crippen molar-refractivity contribution < 1.29 is 43.2 Å². The van der Waals surface area contributed by atoms with E-state index in [4.69, 9.17) is 25.8 Å². The number of hydrogen-bond acceptors (Lipinski definition) is 12. The van der Waals surface area contributed by atoms with Gasteiger partial charge in [-0.25, -0.2) is 9.59 Å². The van der Waals surface area contributed by atoms with Crippen molar-refractivity contribution in [1.29, 1.82) is 0 Å². The molecule has 1 aliphatic rings. The second-order valence-electron chi connectivity index (χ2n) is 8.68. The zero-order chi connectivity index (χ0) is 30.8. The maximum absolute atomic E-state index is 12.5. The number of alkyl carbamates (subject to hydrolysis) is 1. The third-order valence-electron chi connectivity index (χ3n) is 5.85. The maximum Gasteiger partial charge on any atom is 0.407 e. The number of carbonyl (C=O) groups is 4. The number of likely N-dealkylation sites (tertiary alicyclic amines) is 1. The molecule has 224 valence electrons. The van der Waals surface area contributed by atoms with E-state index in [0.29, 0.717) is 11.1 Å². The number of rotatable bonds is 14. The van der Waals surface area contributed by atoms with Crippen LogP contribution in [-0.4, -0.2) is 68.5 Å². The second kappa shape index (κ2) is 15.1. The highest BCUT2D eigenvalue weighted by Gasteiger charge is 2.54. The van der Waals surface area contributed by atoms with Crippen molar-refractivity contribution in [2.75, 3.05) is 13.7 Å². The molecule has 1 fully saturated rings. The quantitative estimate of drug-likeness (QED) is 0.0613. The number of ether oxygens (including phenoxy) is 3. The zero-order valence-corrected chi connectivity index (χ0v) is 23.6. The summed E-state index contributed by atoms with van der Waals surface area (Å²) < 4.78 is 15.3. The first-order chi connectivity index (χ1) is 20.0. The number of halogens is 1. The largest absolute Gasteiger partial charge is 0.458 e. The molecule has 0 radical (unpaired) electrons. The minimum atomic E-state index is -1.54. The predicted molar refractivity (Wildman–Crippen MR) is 147 cm³/mol. The smallest absolute Gasteiger partial charge is 0.407 e. The van der Waals surface area contributed by atoms with E-state index in [1.54, 1.807) is 0 Å². The van der Waals surface area contributed by atoms with Crippen LogP contribution in [0.1, 0.15) is 24.0 Å². The topological polar surface area (TPSA) is 198 Å². The standard InChI is InChI=1S/C25H25ClN4O11S/c1-39-20-22(32)28(21(26)24(33)40-13-15-4-8-17(9-5-15)29(35)36)23(20)42-19(31)3-2-12-27-25(34)41-14-16-6-10-18(11-7-16)30(37)38/h4-11,20-21,23H,2-3,12-14H2,1H3,(H,27,34)/t20-,21?,23+/m0/s1. The van der Waals surface area contributed by atoms with Crippen molar-refractivity contribution in [3.8, 4) is 0 Å². The van der Waals surface area contributed by atoms with E-state index in [-0.39, 0.29) is 49.1 Å². The lowest BCUT2D eigenvalue weighted by Gasteiger charge is -2.46. The number of amides is 2. The number of nitrogens with zero attached hydrogens (tertiary/aromatic N) is 3. The van der Waals surface area contributed by atoms with Crippen molar-refractivity contribution in [1.82, 2.24) is 10.2 Å². The Morgan fingerprint density at radius 2 is 1.50 bits per heavy atom. The molecule has 0 aromatic heterocycles. The Hall–Kier alpha value is -4.28. The Labute approximate surface area is 247 Å². The third-order valence-corrected chi connectivity index (χ3v) is 7.42. The van der Waals surface area contributed by atoms with Gasteiger partial charge in [0.1, 0.15) is 18.6 Å². The lowest BCUT2D eigenvalue weighted by atomic mass is 10.1. The molecule has 0 saturated carbocycles. The summed E-state index contributed by atoms with van der Waals surface area (Å²) in [7, 11) is 1.28. The minimum Gasteiger partial charge on any atom is -0.458 e. The van der Waals surface area contributed by atoms with Crippen molar-refractivity contribution >= 4 is 57.8 Å².